The number of para-hydroxylation sites is 2. The summed E-state index contributed by atoms with van der Waals surface area (Å²) in [5, 5.41) is 3.49. The number of rotatable bonds is 9. The highest BCUT2D eigenvalue weighted by molar-refractivity contribution is 7.98. The molecule has 0 spiro atoms. The van der Waals surface area contributed by atoms with Crippen LogP contribution >= 0.6 is 11.8 Å². The van der Waals surface area contributed by atoms with Gasteiger partial charge in [0.05, 0.1) is 25.6 Å². The second-order valence-electron chi connectivity index (χ2n) is 7.02. The van der Waals surface area contributed by atoms with Crippen LogP contribution in [-0.4, -0.2) is 34.2 Å². The third-order valence-corrected chi connectivity index (χ3v) is 5.37. The Balaban J connectivity index is 1.81. The van der Waals surface area contributed by atoms with Gasteiger partial charge >= 0.3 is 0 Å². The molecule has 0 saturated carbocycles. The van der Waals surface area contributed by atoms with Crippen molar-refractivity contribution in [2.24, 2.45) is 0 Å². The third kappa shape index (κ3) is 6.10. The quantitative estimate of drug-likeness (QED) is 0.390. The van der Waals surface area contributed by atoms with Crippen LogP contribution in [0, 0.1) is 13.8 Å². The molecule has 0 bridgehead atoms. The van der Waals surface area contributed by atoms with Crippen molar-refractivity contribution in [3.63, 3.8) is 0 Å². The van der Waals surface area contributed by atoms with Crippen LogP contribution in [0.2, 0.25) is 0 Å². The monoisotopic (exact) mass is 454 g/mol. The first-order valence-corrected chi connectivity index (χ1v) is 11.1. The van der Waals surface area contributed by atoms with Gasteiger partial charge in [0.2, 0.25) is 11.3 Å². The second kappa shape index (κ2) is 10.8. The summed E-state index contributed by atoms with van der Waals surface area (Å²) in [5.41, 5.74) is 2.76. The minimum atomic E-state index is -0.253. The summed E-state index contributed by atoms with van der Waals surface area (Å²) < 4.78 is 12.4. The average Bonchev–Trinajstić information content (AvgIpc) is 2.74. The predicted molar refractivity (Wildman–Crippen MR) is 125 cm³/mol. The summed E-state index contributed by atoms with van der Waals surface area (Å²) >= 11 is 1.40. The average molecular weight is 455 g/mol. The molecule has 1 N–H and O–H groups in total. The summed E-state index contributed by atoms with van der Waals surface area (Å²) in [4.78, 5) is 34.0. The zero-order chi connectivity index (χ0) is 23.1. The number of carbonyl (C=O) groups is 1. The van der Waals surface area contributed by atoms with E-state index in [0.717, 1.165) is 11.4 Å². The van der Waals surface area contributed by atoms with Crippen LogP contribution in [0.1, 0.15) is 24.0 Å². The molecule has 1 aromatic carbocycles. The van der Waals surface area contributed by atoms with Crippen LogP contribution in [0.15, 0.2) is 52.5 Å². The molecule has 1 amide bonds. The number of nitrogens with one attached hydrogen (secondary N) is 1. The third-order valence-electron chi connectivity index (χ3n) is 4.49. The summed E-state index contributed by atoms with van der Waals surface area (Å²) in [6, 6.07) is 10.6. The Kier molecular flexibility index (Phi) is 7.88. The van der Waals surface area contributed by atoms with Gasteiger partial charge in [-0.2, -0.15) is 0 Å². The number of amides is 1. The smallest absolute Gasteiger partial charge is 0.244 e. The molecule has 3 rings (SSSR count). The van der Waals surface area contributed by atoms with Gasteiger partial charge < -0.3 is 19.4 Å². The highest BCUT2D eigenvalue weighted by Crippen LogP contribution is 2.24. The van der Waals surface area contributed by atoms with Crippen molar-refractivity contribution in [1.29, 1.82) is 0 Å². The van der Waals surface area contributed by atoms with E-state index >= 15 is 0 Å². The summed E-state index contributed by atoms with van der Waals surface area (Å²) in [6.45, 7) is 6.19. The largest absolute Gasteiger partial charge is 0.492 e. The Hall–Kier alpha value is -3.33. The molecule has 0 atom stereocenters. The van der Waals surface area contributed by atoms with Gasteiger partial charge in [-0.3, -0.25) is 9.59 Å². The molecular formula is C23H26N4O4S. The van der Waals surface area contributed by atoms with Crippen molar-refractivity contribution in [3.05, 3.63) is 69.9 Å². The fourth-order valence-corrected chi connectivity index (χ4v) is 4.05. The van der Waals surface area contributed by atoms with Crippen LogP contribution < -0.4 is 20.2 Å². The van der Waals surface area contributed by atoms with Gasteiger partial charge in [-0.15, -0.1) is 0 Å². The number of methoxy groups -OCH3 is 1. The number of hydrogen-bond donors (Lipinski definition) is 1. The fraction of sp³-hybridized carbons (Fsp3) is 0.304. The van der Waals surface area contributed by atoms with Crippen LogP contribution in [0.25, 0.3) is 0 Å². The first-order valence-electron chi connectivity index (χ1n) is 10.1. The standard InChI is InChI=1S/C23H26N4O4S/c1-5-31-20-9-7-6-8-18(20)26-22(29)13-27-12-21(30-4)19(28)11-17(27)14-32-23-24-15(2)10-16(3)25-23/h6-12H,5,13-14H2,1-4H3,(H,26,29). The maximum atomic E-state index is 12.8. The Labute approximate surface area is 191 Å². The minimum Gasteiger partial charge on any atom is -0.492 e. The van der Waals surface area contributed by atoms with E-state index in [-0.39, 0.29) is 23.6 Å². The maximum absolute atomic E-state index is 12.8. The Morgan fingerprint density at radius 1 is 1.12 bits per heavy atom. The van der Waals surface area contributed by atoms with Crippen LogP contribution in [0.4, 0.5) is 5.69 Å². The molecule has 2 heterocycles. The van der Waals surface area contributed by atoms with E-state index in [4.69, 9.17) is 9.47 Å². The van der Waals surface area contributed by atoms with E-state index in [1.54, 1.807) is 22.9 Å². The number of carbonyl (C=O) groups excluding carboxylic acids is 1. The highest BCUT2D eigenvalue weighted by atomic mass is 32.2. The molecule has 0 aliphatic heterocycles. The predicted octanol–water partition coefficient (Wildman–Crippen LogP) is 3.59. The molecule has 0 unspecified atom stereocenters. The molecule has 8 nitrogen and oxygen atoms in total. The van der Waals surface area contributed by atoms with Crippen molar-refractivity contribution in [2.75, 3.05) is 19.0 Å². The van der Waals surface area contributed by atoms with E-state index in [1.165, 1.54) is 24.9 Å². The number of hydrogen-bond acceptors (Lipinski definition) is 7. The molecule has 168 valence electrons. The lowest BCUT2D eigenvalue weighted by molar-refractivity contribution is -0.116. The Morgan fingerprint density at radius 3 is 2.53 bits per heavy atom. The fourth-order valence-electron chi connectivity index (χ4n) is 3.11. The second-order valence-corrected chi connectivity index (χ2v) is 7.97. The molecule has 0 saturated heterocycles. The molecule has 0 radical (unpaired) electrons. The first-order chi connectivity index (χ1) is 15.4. The molecular weight excluding hydrogens is 428 g/mol. The van der Waals surface area contributed by atoms with E-state index in [1.807, 2.05) is 39.0 Å². The molecule has 32 heavy (non-hydrogen) atoms. The van der Waals surface area contributed by atoms with Crippen molar-refractivity contribution < 1.29 is 14.3 Å². The van der Waals surface area contributed by atoms with Crippen LogP contribution in [0.5, 0.6) is 11.5 Å². The SMILES string of the molecule is CCOc1ccccc1NC(=O)Cn1cc(OC)c(=O)cc1CSc1nc(C)cc(C)n1. The molecule has 0 aliphatic carbocycles. The number of thioether (sulfide) groups is 1. The van der Waals surface area contributed by atoms with Crippen LogP contribution in [-0.2, 0) is 17.1 Å². The maximum Gasteiger partial charge on any atom is 0.244 e. The number of nitrogens with zero attached hydrogens (tertiary/aromatic N) is 3. The lowest BCUT2D eigenvalue weighted by Gasteiger charge is -2.16. The van der Waals surface area contributed by atoms with E-state index in [9.17, 15) is 9.59 Å². The molecule has 0 aliphatic rings. The van der Waals surface area contributed by atoms with Gasteiger partial charge in [0.25, 0.3) is 0 Å². The van der Waals surface area contributed by atoms with Gasteiger partial charge in [0, 0.05) is 28.9 Å². The lowest BCUT2D eigenvalue weighted by atomic mass is 10.3. The normalized spacial score (nSPS) is 10.6. The van der Waals surface area contributed by atoms with Gasteiger partial charge in [0.1, 0.15) is 12.3 Å². The summed E-state index contributed by atoms with van der Waals surface area (Å²) in [5.74, 6) is 0.939. The van der Waals surface area contributed by atoms with Gasteiger partial charge in [-0.1, -0.05) is 23.9 Å². The Morgan fingerprint density at radius 2 is 1.84 bits per heavy atom. The zero-order valence-electron chi connectivity index (χ0n) is 18.5. The minimum absolute atomic E-state index is 0.000689. The summed E-state index contributed by atoms with van der Waals surface area (Å²) in [7, 11) is 1.43. The molecule has 0 fully saturated rings. The van der Waals surface area contributed by atoms with Crippen molar-refractivity contribution in [2.45, 2.75) is 38.2 Å². The molecule has 9 heteroatoms. The number of pyridine rings is 1. The van der Waals surface area contributed by atoms with Gasteiger partial charge in [-0.25, -0.2) is 9.97 Å². The number of anilines is 1. The van der Waals surface area contributed by atoms with Crippen LogP contribution in [0.3, 0.4) is 0 Å². The van der Waals surface area contributed by atoms with Crippen molar-refractivity contribution >= 4 is 23.4 Å². The molecule has 3 aromatic rings. The number of aryl methyl sites for hydroxylation is 2. The number of aromatic nitrogens is 3. The number of benzene rings is 1. The van der Waals surface area contributed by atoms with Gasteiger partial charge in [-0.05, 0) is 39.0 Å². The zero-order valence-corrected chi connectivity index (χ0v) is 19.4. The lowest BCUT2D eigenvalue weighted by Crippen LogP contribution is -2.23. The number of ether oxygens (including phenoxy) is 2. The Bertz CT molecular complexity index is 1140. The van der Waals surface area contributed by atoms with Crippen molar-refractivity contribution in [1.82, 2.24) is 14.5 Å². The van der Waals surface area contributed by atoms with E-state index in [2.05, 4.69) is 15.3 Å². The van der Waals surface area contributed by atoms with E-state index < -0.39 is 0 Å². The topological polar surface area (TPSA) is 95.3 Å². The van der Waals surface area contributed by atoms with Gasteiger partial charge in [0.15, 0.2) is 10.9 Å². The highest BCUT2D eigenvalue weighted by Gasteiger charge is 2.13. The first kappa shape index (κ1) is 23.3. The van der Waals surface area contributed by atoms with Crippen molar-refractivity contribution in [3.8, 4) is 11.5 Å². The van der Waals surface area contributed by atoms with E-state index in [0.29, 0.717) is 34.6 Å². The molecule has 2 aromatic heterocycles. The summed E-state index contributed by atoms with van der Waals surface area (Å²) in [6.07, 6.45) is 1.55.